The minimum absolute atomic E-state index is 0.234. The molecule has 1 aliphatic carbocycles. The second kappa shape index (κ2) is 6.52. The molecule has 0 amide bonds. The van der Waals surface area contributed by atoms with Gasteiger partial charge in [-0.3, -0.25) is 0 Å². The summed E-state index contributed by atoms with van der Waals surface area (Å²) in [4.78, 5) is 0. The zero-order valence-electron chi connectivity index (χ0n) is 14.6. The van der Waals surface area contributed by atoms with Crippen molar-refractivity contribution >= 4 is 0 Å². The van der Waals surface area contributed by atoms with E-state index in [0.29, 0.717) is 17.5 Å². The maximum absolute atomic E-state index is 3.90. The molecule has 1 N–H and O–H groups in total. The van der Waals surface area contributed by atoms with Gasteiger partial charge >= 0.3 is 0 Å². The topological polar surface area (TPSA) is 12.0 Å². The van der Waals surface area contributed by atoms with Gasteiger partial charge in [0.15, 0.2) is 0 Å². The van der Waals surface area contributed by atoms with Crippen LogP contribution in [0.25, 0.3) is 0 Å². The molecule has 2 rings (SSSR count). The number of benzene rings is 1. The Bertz CT molecular complexity index is 432. The van der Waals surface area contributed by atoms with Crippen LogP contribution < -0.4 is 5.32 Å². The Morgan fingerprint density at radius 2 is 1.90 bits per heavy atom. The lowest BCUT2D eigenvalue weighted by Gasteiger charge is -2.38. The minimum Gasteiger partial charge on any atom is -0.311 e. The Labute approximate surface area is 131 Å². The van der Waals surface area contributed by atoms with E-state index >= 15 is 0 Å². The van der Waals surface area contributed by atoms with Crippen molar-refractivity contribution < 1.29 is 0 Å². The number of rotatable bonds is 5. The maximum atomic E-state index is 3.90. The zero-order valence-corrected chi connectivity index (χ0v) is 14.6. The van der Waals surface area contributed by atoms with E-state index in [1.165, 1.54) is 37.7 Å². The summed E-state index contributed by atoms with van der Waals surface area (Å²) in [6.45, 7) is 11.9. The highest BCUT2D eigenvalue weighted by atomic mass is 14.9. The largest absolute Gasteiger partial charge is 0.311 e. The molecule has 1 nitrogen and oxygen atoms in total. The number of hydrogen-bond donors (Lipinski definition) is 1. The molecule has 0 aliphatic heterocycles. The molecule has 1 aromatic rings. The third-order valence-electron chi connectivity index (χ3n) is 5.10. The van der Waals surface area contributed by atoms with Crippen molar-refractivity contribution in [3.8, 4) is 0 Å². The van der Waals surface area contributed by atoms with E-state index in [1.54, 1.807) is 0 Å². The predicted octanol–water partition coefficient (Wildman–Crippen LogP) is 5.30. The first-order valence-electron chi connectivity index (χ1n) is 8.60. The quantitative estimate of drug-likeness (QED) is 0.774. The van der Waals surface area contributed by atoms with Crippen LogP contribution in [-0.4, -0.2) is 12.1 Å². The van der Waals surface area contributed by atoms with E-state index in [1.807, 2.05) is 0 Å². The second-order valence-corrected chi connectivity index (χ2v) is 8.48. The van der Waals surface area contributed by atoms with Gasteiger partial charge in [0.25, 0.3) is 0 Å². The summed E-state index contributed by atoms with van der Waals surface area (Å²) in [5.74, 6) is 0. The first-order valence-corrected chi connectivity index (χ1v) is 8.60. The van der Waals surface area contributed by atoms with Gasteiger partial charge in [0.05, 0.1) is 0 Å². The van der Waals surface area contributed by atoms with Gasteiger partial charge in [0.2, 0.25) is 0 Å². The zero-order chi connectivity index (χ0) is 15.5. The SMILES string of the molecule is CC(CC(C)(C)c1ccccc1)NC1CCCC(C)(C)C1. The summed E-state index contributed by atoms with van der Waals surface area (Å²) in [6.07, 6.45) is 6.62. The monoisotopic (exact) mass is 287 g/mol. The third-order valence-corrected chi connectivity index (χ3v) is 5.10. The molecule has 1 aliphatic rings. The van der Waals surface area contributed by atoms with E-state index in [4.69, 9.17) is 0 Å². The minimum atomic E-state index is 0.234. The van der Waals surface area contributed by atoms with Crippen LogP contribution in [0.5, 0.6) is 0 Å². The van der Waals surface area contributed by atoms with Crippen LogP contribution in [0.3, 0.4) is 0 Å². The molecule has 2 atom stereocenters. The van der Waals surface area contributed by atoms with Gasteiger partial charge in [-0.2, -0.15) is 0 Å². The summed E-state index contributed by atoms with van der Waals surface area (Å²) in [5.41, 5.74) is 2.20. The highest BCUT2D eigenvalue weighted by Gasteiger charge is 2.30. The van der Waals surface area contributed by atoms with E-state index in [2.05, 4.69) is 70.3 Å². The van der Waals surface area contributed by atoms with Crippen molar-refractivity contribution in [2.75, 3.05) is 0 Å². The average molecular weight is 287 g/mol. The van der Waals surface area contributed by atoms with Crippen molar-refractivity contribution in [2.24, 2.45) is 5.41 Å². The van der Waals surface area contributed by atoms with E-state index in [0.717, 1.165) is 0 Å². The normalized spacial score (nSPS) is 23.8. The van der Waals surface area contributed by atoms with Gasteiger partial charge in [0, 0.05) is 12.1 Å². The van der Waals surface area contributed by atoms with E-state index < -0.39 is 0 Å². The Hall–Kier alpha value is -0.820. The fraction of sp³-hybridized carbons (Fsp3) is 0.700. The first kappa shape index (κ1) is 16.5. The molecule has 118 valence electrons. The molecule has 1 heteroatoms. The fourth-order valence-corrected chi connectivity index (χ4v) is 4.07. The van der Waals surface area contributed by atoms with Gasteiger partial charge in [-0.05, 0) is 49.0 Å². The van der Waals surface area contributed by atoms with Crippen molar-refractivity contribution in [3.05, 3.63) is 35.9 Å². The Balaban J connectivity index is 1.91. The maximum Gasteiger partial charge on any atom is 0.00746 e. The Kier molecular flexibility index (Phi) is 5.14. The molecule has 0 radical (unpaired) electrons. The standard InChI is InChI=1S/C20H33N/c1-16(21-18-12-9-13-19(2,3)15-18)14-20(4,5)17-10-7-6-8-11-17/h6-8,10-11,16,18,21H,9,12-15H2,1-5H3. The van der Waals surface area contributed by atoms with Crippen LogP contribution in [0.15, 0.2) is 30.3 Å². The summed E-state index contributed by atoms with van der Waals surface area (Å²) in [6, 6.07) is 12.2. The van der Waals surface area contributed by atoms with Crippen molar-refractivity contribution in [1.82, 2.24) is 5.32 Å². The van der Waals surface area contributed by atoms with Crippen molar-refractivity contribution in [1.29, 1.82) is 0 Å². The molecule has 0 bridgehead atoms. The van der Waals surface area contributed by atoms with Gasteiger partial charge in [-0.15, -0.1) is 0 Å². The van der Waals surface area contributed by atoms with Crippen LogP contribution in [0.4, 0.5) is 0 Å². The molecule has 1 aromatic carbocycles. The third kappa shape index (κ3) is 4.85. The Morgan fingerprint density at radius 3 is 2.52 bits per heavy atom. The number of nitrogens with one attached hydrogen (secondary N) is 1. The van der Waals surface area contributed by atoms with Gasteiger partial charge < -0.3 is 5.32 Å². The van der Waals surface area contributed by atoms with Gasteiger partial charge in [0.1, 0.15) is 0 Å². The van der Waals surface area contributed by atoms with Crippen LogP contribution >= 0.6 is 0 Å². The highest BCUT2D eigenvalue weighted by Crippen LogP contribution is 2.36. The average Bonchev–Trinajstić information content (AvgIpc) is 2.37. The lowest BCUT2D eigenvalue weighted by Crippen LogP contribution is -2.43. The highest BCUT2D eigenvalue weighted by molar-refractivity contribution is 5.23. The summed E-state index contributed by atoms with van der Waals surface area (Å²) >= 11 is 0. The van der Waals surface area contributed by atoms with Crippen LogP contribution in [0.2, 0.25) is 0 Å². The molecule has 0 aromatic heterocycles. The molecule has 1 fully saturated rings. The second-order valence-electron chi connectivity index (χ2n) is 8.48. The lowest BCUT2D eigenvalue weighted by atomic mass is 9.74. The summed E-state index contributed by atoms with van der Waals surface area (Å²) in [7, 11) is 0. The molecule has 1 saturated carbocycles. The van der Waals surface area contributed by atoms with Crippen molar-refractivity contribution in [2.45, 2.75) is 84.2 Å². The number of hydrogen-bond acceptors (Lipinski definition) is 1. The molecule has 21 heavy (non-hydrogen) atoms. The smallest absolute Gasteiger partial charge is 0.00746 e. The molecule has 0 heterocycles. The summed E-state index contributed by atoms with van der Waals surface area (Å²) in [5, 5.41) is 3.90. The van der Waals surface area contributed by atoms with Crippen LogP contribution in [-0.2, 0) is 5.41 Å². The Morgan fingerprint density at radius 1 is 1.24 bits per heavy atom. The van der Waals surface area contributed by atoms with Crippen molar-refractivity contribution in [3.63, 3.8) is 0 Å². The van der Waals surface area contributed by atoms with Crippen LogP contribution in [0.1, 0.15) is 72.3 Å². The van der Waals surface area contributed by atoms with E-state index in [9.17, 15) is 0 Å². The van der Waals surface area contributed by atoms with Gasteiger partial charge in [-0.1, -0.05) is 64.4 Å². The first-order chi connectivity index (χ1) is 9.78. The molecule has 2 unspecified atom stereocenters. The van der Waals surface area contributed by atoms with Gasteiger partial charge in [-0.25, -0.2) is 0 Å². The predicted molar refractivity (Wildman–Crippen MR) is 92.7 cm³/mol. The molecule has 0 spiro atoms. The molecule has 0 saturated heterocycles. The summed E-state index contributed by atoms with van der Waals surface area (Å²) < 4.78 is 0. The van der Waals surface area contributed by atoms with Crippen LogP contribution in [0, 0.1) is 5.41 Å². The molecular weight excluding hydrogens is 254 g/mol. The fourth-order valence-electron chi connectivity index (χ4n) is 4.07. The molecular formula is C20H33N. The lowest BCUT2D eigenvalue weighted by molar-refractivity contribution is 0.185. The van der Waals surface area contributed by atoms with E-state index in [-0.39, 0.29) is 5.41 Å².